The van der Waals surface area contributed by atoms with Crippen LogP contribution >= 0.6 is 24.6 Å². The molecule has 2 bridgehead atoms. The fraction of sp³-hybridized carbons (Fsp3) is 0.542. The monoisotopic (exact) mass is 459 g/mol. The van der Waals surface area contributed by atoms with Gasteiger partial charge in [-0.1, -0.05) is 18.2 Å². The zero-order valence-electron chi connectivity index (χ0n) is 19.0. The zero-order valence-corrected chi connectivity index (χ0v) is 20.7. The number of piperidine rings is 1. The Balaban J connectivity index is 0.000000176. The Bertz CT molecular complexity index is 793. The van der Waals surface area contributed by atoms with E-state index in [1.54, 1.807) is 11.0 Å². The van der Waals surface area contributed by atoms with E-state index in [1.165, 1.54) is 69.2 Å². The van der Waals surface area contributed by atoms with Gasteiger partial charge in [-0.05, 0) is 68.1 Å². The first-order valence-corrected chi connectivity index (χ1v) is 12.6. The van der Waals surface area contributed by atoms with Crippen molar-refractivity contribution in [3.63, 3.8) is 0 Å². The van der Waals surface area contributed by atoms with Crippen LogP contribution in [0.5, 0.6) is 0 Å². The summed E-state index contributed by atoms with van der Waals surface area (Å²) >= 11 is 5.51. The molecule has 5 nitrogen and oxygen atoms in total. The summed E-state index contributed by atoms with van der Waals surface area (Å²) in [7, 11) is 3.72. The van der Waals surface area contributed by atoms with Crippen LogP contribution in [0.4, 0.5) is 5.69 Å². The van der Waals surface area contributed by atoms with Gasteiger partial charge in [-0.3, -0.25) is 4.90 Å². The number of aromatic nitrogens is 1. The Morgan fingerprint density at radius 1 is 1.26 bits per heavy atom. The molecule has 1 aromatic heterocycles. The van der Waals surface area contributed by atoms with Gasteiger partial charge in [0.15, 0.2) is 0 Å². The summed E-state index contributed by atoms with van der Waals surface area (Å²) in [6.07, 6.45) is 15.9. The molecule has 170 valence electrons. The minimum absolute atomic E-state index is 0.838. The molecule has 0 radical (unpaired) electrons. The SMILES string of the molecule is C1=CC(CN2CC3CCC(C3)C2)=CCC1.CN/C(=C\S)NSc1cc(C)c(NC)cn1. The van der Waals surface area contributed by atoms with Crippen LogP contribution in [0.15, 0.2) is 52.3 Å². The number of aryl methyl sites for hydroxylation is 1. The van der Waals surface area contributed by atoms with Crippen LogP contribution in [0, 0.1) is 18.8 Å². The molecule has 0 spiro atoms. The number of anilines is 1. The van der Waals surface area contributed by atoms with Crippen LogP contribution in [0.2, 0.25) is 0 Å². The van der Waals surface area contributed by atoms with Crippen molar-refractivity contribution in [3.8, 4) is 0 Å². The molecule has 3 aliphatic rings. The number of nitrogens with one attached hydrogen (secondary N) is 3. The number of thiol groups is 1. The van der Waals surface area contributed by atoms with Gasteiger partial charge >= 0.3 is 0 Å². The summed E-state index contributed by atoms with van der Waals surface area (Å²) in [5.74, 6) is 2.89. The maximum absolute atomic E-state index is 4.31. The van der Waals surface area contributed by atoms with Crippen molar-refractivity contribution in [2.75, 3.05) is 39.0 Å². The van der Waals surface area contributed by atoms with Crippen molar-refractivity contribution in [2.45, 2.75) is 44.1 Å². The van der Waals surface area contributed by atoms with Crippen molar-refractivity contribution in [3.05, 3.63) is 52.9 Å². The van der Waals surface area contributed by atoms with Crippen LogP contribution in [0.3, 0.4) is 0 Å². The molecule has 2 unspecified atom stereocenters. The highest BCUT2D eigenvalue weighted by atomic mass is 32.2. The van der Waals surface area contributed by atoms with E-state index in [9.17, 15) is 0 Å². The molecule has 0 aromatic carbocycles. The van der Waals surface area contributed by atoms with E-state index < -0.39 is 0 Å². The molecule has 0 amide bonds. The zero-order chi connectivity index (χ0) is 22.1. The molecule has 1 saturated carbocycles. The molecule has 7 heteroatoms. The largest absolute Gasteiger partial charge is 0.387 e. The van der Waals surface area contributed by atoms with Gasteiger partial charge in [0.2, 0.25) is 0 Å². The number of hydrogen-bond donors (Lipinski definition) is 4. The molecule has 2 aliphatic carbocycles. The third kappa shape index (κ3) is 7.51. The lowest BCUT2D eigenvalue weighted by Gasteiger charge is -2.32. The van der Waals surface area contributed by atoms with Crippen LogP contribution in [-0.2, 0) is 0 Å². The smallest absolute Gasteiger partial charge is 0.117 e. The number of rotatable bonds is 7. The topological polar surface area (TPSA) is 52.2 Å². The minimum atomic E-state index is 0.838. The highest BCUT2D eigenvalue weighted by Crippen LogP contribution is 2.36. The van der Waals surface area contributed by atoms with Gasteiger partial charge in [0.25, 0.3) is 0 Å². The van der Waals surface area contributed by atoms with Gasteiger partial charge in [0.05, 0.1) is 11.9 Å². The summed E-state index contributed by atoms with van der Waals surface area (Å²) < 4.78 is 3.11. The first kappa shape index (κ1) is 24.1. The molecule has 3 N–H and O–H groups in total. The van der Waals surface area contributed by atoms with Gasteiger partial charge in [0, 0.05) is 51.1 Å². The number of pyridine rings is 1. The molecule has 31 heavy (non-hydrogen) atoms. The van der Waals surface area contributed by atoms with Crippen LogP contribution in [0.25, 0.3) is 0 Å². The summed E-state index contributed by atoms with van der Waals surface area (Å²) in [4.78, 5) is 7.00. The van der Waals surface area contributed by atoms with E-state index in [1.807, 2.05) is 33.3 Å². The normalized spacial score (nSPS) is 23.0. The van der Waals surface area contributed by atoms with Crippen LogP contribution < -0.4 is 15.4 Å². The lowest BCUT2D eigenvalue weighted by Crippen LogP contribution is -2.37. The highest BCUT2D eigenvalue weighted by Gasteiger charge is 2.32. The maximum atomic E-state index is 4.31. The Kier molecular flexibility index (Phi) is 9.68. The predicted octanol–water partition coefficient (Wildman–Crippen LogP) is 4.97. The van der Waals surface area contributed by atoms with Gasteiger partial charge in [-0.2, -0.15) is 0 Å². The fourth-order valence-electron chi connectivity index (χ4n) is 4.58. The minimum Gasteiger partial charge on any atom is -0.387 e. The summed E-state index contributed by atoms with van der Waals surface area (Å²) in [5, 5.41) is 8.64. The Hall–Kier alpha value is -1.57. The van der Waals surface area contributed by atoms with Crippen LogP contribution in [-0.4, -0.2) is 43.6 Å². The third-order valence-corrected chi connectivity index (χ3v) is 7.19. The Labute approximate surface area is 197 Å². The molecule has 1 saturated heterocycles. The average Bonchev–Trinajstić information content (AvgIpc) is 3.13. The number of allylic oxidation sites excluding steroid dienone is 2. The third-order valence-electron chi connectivity index (χ3n) is 6.18. The quantitative estimate of drug-likeness (QED) is 0.341. The lowest BCUT2D eigenvalue weighted by atomic mass is 9.97. The van der Waals surface area contributed by atoms with E-state index in [0.29, 0.717) is 0 Å². The Morgan fingerprint density at radius 3 is 2.61 bits per heavy atom. The van der Waals surface area contributed by atoms with Gasteiger partial charge in [0.1, 0.15) is 10.8 Å². The van der Waals surface area contributed by atoms with Crippen molar-refractivity contribution in [1.29, 1.82) is 0 Å². The van der Waals surface area contributed by atoms with E-state index in [0.717, 1.165) is 28.4 Å². The van der Waals surface area contributed by atoms with Crippen molar-refractivity contribution < 1.29 is 0 Å². The molecular weight excluding hydrogens is 422 g/mol. The molecule has 2 atom stereocenters. The van der Waals surface area contributed by atoms with Gasteiger partial charge < -0.3 is 15.4 Å². The summed E-state index contributed by atoms with van der Waals surface area (Å²) in [6.45, 7) is 5.98. The second kappa shape index (κ2) is 12.5. The van der Waals surface area contributed by atoms with E-state index in [-0.39, 0.29) is 0 Å². The summed E-state index contributed by atoms with van der Waals surface area (Å²) in [6, 6.07) is 2.02. The molecule has 4 rings (SSSR count). The highest BCUT2D eigenvalue weighted by molar-refractivity contribution is 7.97. The van der Waals surface area contributed by atoms with Gasteiger partial charge in [-0.25, -0.2) is 4.98 Å². The molecule has 1 aliphatic heterocycles. The van der Waals surface area contributed by atoms with Crippen LogP contribution in [0.1, 0.15) is 37.7 Å². The van der Waals surface area contributed by atoms with E-state index in [4.69, 9.17) is 0 Å². The first-order chi connectivity index (χ1) is 15.1. The second-order valence-corrected chi connectivity index (χ2v) is 9.67. The average molecular weight is 460 g/mol. The predicted molar refractivity (Wildman–Crippen MR) is 137 cm³/mol. The summed E-state index contributed by atoms with van der Waals surface area (Å²) in [5.41, 5.74) is 3.77. The number of nitrogens with zero attached hydrogens (tertiary/aromatic N) is 2. The molecular formula is C24H37N5S2. The molecule has 2 fully saturated rings. The molecule has 2 heterocycles. The van der Waals surface area contributed by atoms with Gasteiger partial charge in [-0.15, -0.1) is 12.6 Å². The van der Waals surface area contributed by atoms with E-state index >= 15 is 0 Å². The van der Waals surface area contributed by atoms with Crippen molar-refractivity contribution in [1.82, 2.24) is 19.9 Å². The van der Waals surface area contributed by atoms with E-state index in [2.05, 4.69) is 56.1 Å². The maximum Gasteiger partial charge on any atom is 0.117 e. The fourth-order valence-corrected chi connectivity index (χ4v) is 5.58. The van der Waals surface area contributed by atoms with Crippen molar-refractivity contribution in [2.24, 2.45) is 11.8 Å². The Morgan fingerprint density at radius 2 is 2.03 bits per heavy atom. The standard InChI is InChI=1S/C14H21N.C10H16N4S2/c1-2-4-12(5-3-1)9-15-10-13-6-7-14(8-13)11-15;1-7-4-10(13-5-8(7)11-2)16-14-9(6-15)12-3/h2,4-5,13-14H,1,3,6-11H2;4-6,11-12,14-15H,1-3H3/b;9-6+. The number of fused-ring (bicyclic) bond motifs is 2. The first-order valence-electron chi connectivity index (χ1n) is 11.3. The number of hydrogen-bond acceptors (Lipinski definition) is 7. The lowest BCUT2D eigenvalue weighted by molar-refractivity contribution is 0.182. The van der Waals surface area contributed by atoms with Crippen molar-refractivity contribution >= 4 is 30.3 Å². The second-order valence-electron chi connectivity index (χ2n) is 8.58. The number of likely N-dealkylation sites (tertiary alicyclic amines) is 1. The molecule has 1 aromatic rings.